The van der Waals surface area contributed by atoms with Crippen LogP contribution >= 0.6 is 0 Å². The third-order valence-corrected chi connectivity index (χ3v) is 3.70. The van der Waals surface area contributed by atoms with Crippen molar-refractivity contribution in [2.24, 2.45) is 0 Å². The van der Waals surface area contributed by atoms with Crippen LogP contribution in [0.1, 0.15) is 57.1 Å². The van der Waals surface area contributed by atoms with Gasteiger partial charge in [-0.05, 0) is 37.0 Å². The Hall–Kier alpha value is -1.62. The number of nitrogens with one attached hydrogen (secondary N) is 2. The molecule has 0 aromatic carbocycles. The molecule has 1 heterocycles. The van der Waals surface area contributed by atoms with E-state index in [0.717, 1.165) is 24.0 Å². The quantitative estimate of drug-likeness (QED) is 0.782. The summed E-state index contributed by atoms with van der Waals surface area (Å²) in [6.45, 7) is 6.13. The summed E-state index contributed by atoms with van der Waals surface area (Å²) in [7, 11) is 0. The molecule has 1 amide bonds. The lowest BCUT2D eigenvalue weighted by Gasteiger charge is -2.22. The fraction of sp³-hybridized carbons (Fsp3) is 0.647. The van der Waals surface area contributed by atoms with Crippen molar-refractivity contribution < 1.29 is 9.90 Å². The van der Waals surface area contributed by atoms with Gasteiger partial charge in [-0.25, -0.2) is 4.98 Å². The largest absolute Gasteiger partial charge is 0.392 e. The lowest BCUT2D eigenvalue weighted by molar-refractivity contribution is -0.120. The van der Waals surface area contributed by atoms with Crippen LogP contribution in [-0.4, -0.2) is 28.6 Å². The normalized spacial score (nSPS) is 14.7. The Balaban J connectivity index is 0.00000116. The number of anilines is 1. The van der Waals surface area contributed by atoms with E-state index in [1.807, 2.05) is 26.8 Å². The molecule has 1 aliphatic rings. The molecule has 2 rings (SSSR count). The summed E-state index contributed by atoms with van der Waals surface area (Å²) in [6.07, 6.45) is 7.51. The smallest absolute Gasteiger partial charge is 0.239 e. The summed E-state index contributed by atoms with van der Waals surface area (Å²) in [5.74, 6) is 0.713. The first-order valence-electron chi connectivity index (χ1n) is 8.28. The highest BCUT2D eigenvalue weighted by atomic mass is 16.3. The van der Waals surface area contributed by atoms with Crippen LogP contribution in [0.2, 0.25) is 0 Å². The number of aryl methyl sites for hydroxylation is 1. The van der Waals surface area contributed by atoms with Gasteiger partial charge in [0.1, 0.15) is 5.82 Å². The van der Waals surface area contributed by atoms with Crippen LogP contribution in [0.4, 0.5) is 5.82 Å². The van der Waals surface area contributed by atoms with Crippen LogP contribution in [-0.2, 0) is 11.4 Å². The van der Waals surface area contributed by atoms with E-state index in [9.17, 15) is 4.79 Å². The number of aromatic nitrogens is 1. The molecule has 1 aromatic rings. The topological polar surface area (TPSA) is 74.2 Å². The van der Waals surface area contributed by atoms with E-state index < -0.39 is 0 Å². The molecule has 0 unspecified atom stereocenters. The van der Waals surface area contributed by atoms with E-state index in [1.54, 1.807) is 6.20 Å². The third-order valence-electron chi connectivity index (χ3n) is 3.70. The van der Waals surface area contributed by atoms with Gasteiger partial charge < -0.3 is 15.7 Å². The number of carbonyl (C=O) groups excluding carboxylic acids is 1. The van der Waals surface area contributed by atoms with Crippen molar-refractivity contribution in [2.75, 3.05) is 11.9 Å². The first-order valence-corrected chi connectivity index (χ1v) is 8.28. The maximum absolute atomic E-state index is 11.9. The van der Waals surface area contributed by atoms with Crippen LogP contribution in [0.15, 0.2) is 12.3 Å². The number of amides is 1. The molecule has 0 atom stereocenters. The van der Waals surface area contributed by atoms with E-state index >= 15 is 0 Å². The highest BCUT2D eigenvalue weighted by Gasteiger charge is 2.15. The zero-order chi connectivity index (χ0) is 16.4. The molecule has 0 spiro atoms. The monoisotopic (exact) mass is 307 g/mol. The van der Waals surface area contributed by atoms with E-state index in [0.29, 0.717) is 11.9 Å². The van der Waals surface area contributed by atoms with Crippen LogP contribution in [0.5, 0.6) is 0 Å². The summed E-state index contributed by atoms with van der Waals surface area (Å²) >= 11 is 0. The maximum Gasteiger partial charge on any atom is 0.239 e. The summed E-state index contributed by atoms with van der Waals surface area (Å²) < 4.78 is 0. The molecule has 0 saturated heterocycles. The molecule has 3 N–H and O–H groups in total. The first kappa shape index (κ1) is 18.4. The van der Waals surface area contributed by atoms with Crippen molar-refractivity contribution >= 4 is 11.7 Å². The molecule has 1 aliphatic carbocycles. The lowest BCUT2D eigenvalue weighted by Crippen LogP contribution is -2.39. The summed E-state index contributed by atoms with van der Waals surface area (Å²) in [6, 6.07) is 2.21. The number of pyridine rings is 1. The number of hydrogen-bond acceptors (Lipinski definition) is 4. The minimum Gasteiger partial charge on any atom is -0.392 e. The lowest BCUT2D eigenvalue weighted by atomic mass is 9.95. The molecule has 1 saturated carbocycles. The molecule has 5 nitrogen and oxygen atoms in total. The number of aliphatic hydroxyl groups is 1. The summed E-state index contributed by atoms with van der Waals surface area (Å²) in [4.78, 5) is 16.1. The number of aliphatic hydroxyl groups excluding tert-OH is 1. The van der Waals surface area contributed by atoms with E-state index in [-0.39, 0.29) is 19.1 Å². The van der Waals surface area contributed by atoms with Crippen LogP contribution in [0.25, 0.3) is 0 Å². The minimum atomic E-state index is -0.0176. The Kier molecular flexibility index (Phi) is 8.51. The first-order chi connectivity index (χ1) is 10.7. The number of rotatable bonds is 5. The highest BCUT2D eigenvalue weighted by molar-refractivity contribution is 5.80. The van der Waals surface area contributed by atoms with Crippen molar-refractivity contribution in [1.29, 1.82) is 0 Å². The zero-order valence-electron chi connectivity index (χ0n) is 14.0. The van der Waals surface area contributed by atoms with Crippen molar-refractivity contribution in [2.45, 2.75) is 65.5 Å². The van der Waals surface area contributed by atoms with Gasteiger partial charge in [-0.2, -0.15) is 0 Å². The molecule has 22 heavy (non-hydrogen) atoms. The van der Waals surface area contributed by atoms with Crippen LogP contribution < -0.4 is 10.6 Å². The second-order valence-corrected chi connectivity index (χ2v) is 5.42. The van der Waals surface area contributed by atoms with Gasteiger partial charge in [0.2, 0.25) is 5.91 Å². The van der Waals surface area contributed by atoms with Crippen LogP contribution in [0.3, 0.4) is 0 Å². The Bertz CT molecular complexity index is 457. The van der Waals surface area contributed by atoms with Gasteiger partial charge in [0, 0.05) is 12.2 Å². The minimum absolute atomic E-state index is 0.0176. The molecule has 0 radical (unpaired) electrons. The third kappa shape index (κ3) is 6.02. The van der Waals surface area contributed by atoms with Gasteiger partial charge in [0.25, 0.3) is 0 Å². The molecule has 124 valence electrons. The van der Waals surface area contributed by atoms with E-state index in [1.165, 1.54) is 19.3 Å². The second-order valence-electron chi connectivity index (χ2n) is 5.42. The van der Waals surface area contributed by atoms with Gasteiger partial charge in [-0.3, -0.25) is 4.79 Å². The Morgan fingerprint density at radius 1 is 1.32 bits per heavy atom. The predicted molar refractivity (Wildman–Crippen MR) is 89.8 cm³/mol. The van der Waals surface area contributed by atoms with Gasteiger partial charge in [0.15, 0.2) is 0 Å². The van der Waals surface area contributed by atoms with Crippen molar-refractivity contribution in [3.63, 3.8) is 0 Å². The second kappa shape index (κ2) is 10.2. The van der Waals surface area contributed by atoms with Crippen molar-refractivity contribution in [1.82, 2.24) is 10.3 Å². The average Bonchev–Trinajstić information content (AvgIpc) is 2.56. The fourth-order valence-electron chi connectivity index (χ4n) is 2.59. The molecule has 0 bridgehead atoms. The number of carbonyl (C=O) groups is 1. The molecule has 5 heteroatoms. The standard InChI is InChI=1S/C15H23N3O2.C2H6/c1-11-7-12(10-19)8-16-15(11)17-9-14(20)18-13-5-3-2-4-6-13;1-2/h7-8,13,19H,2-6,9-10H2,1H3,(H,16,17)(H,18,20);1-2H3. The SMILES string of the molecule is CC.Cc1cc(CO)cnc1NCC(=O)NC1CCCCC1. The predicted octanol–water partition coefficient (Wildman–Crippen LogP) is 2.77. The zero-order valence-corrected chi connectivity index (χ0v) is 14.0. The number of hydrogen-bond donors (Lipinski definition) is 3. The van der Waals surface area contributed by atoms with Crippen molar-refractivity contribution in [3.05, 3.63) is 23.4 Å². The Morgan fingerprint density at radius 2 is 2.00 bits per heavy atom. The van der Waals surface area contributed by atoms with Gasteiger partial charge in [-0.1, -0.05) is 33.1 Å². The molecular weight excluding hydrogens is 278 g/mol. The number of nitrogens with zero attached hydrogens (tertiary/aromatic N) is 1. The summed E-state index contributed by atoms with van der Waals surface area (Å²) in [5.41, 5.74) is 1.71. The van der Waals surface area contributed by atoms with Crippen molar-refractivity contribution in [3.8, 4) is 0 Å². The van der Waals surface area contributed by atoms with E-state index in [2.05, 4.69) is 15.6 Å². The summed E-state index contributed by atoms with van der Waals surface area (Å²) in [5, 5.41) is 15.1. The molecule has 1 aromatic heterocycles. The van der Waals surface area contributed by atoms with Gasteiger partial charge in [0.05, 0.1) is 13.2 Å². The Labute approximate surface area is 133 Å². The Morgan fingerprint density at radius 3 is 2.59 bits per heavy atom. The van der Waals surface area contributed by atoms with E-state index in [4.69, 9.17) is 5.11 Å². The van der Waals surface area contributed by atoms with Gasteiger partial charge >= 0.3 is 0 Å². The van der Waals surface area contributed by atoms with Crippen LogP contribution in [0, 0.1) is 6.92 Å². The maximum atomic E-state index is 11.9. The van der Waals surface area contributed by atoms with Gasteiger partial charge in [-0.15, -0.1) is 0 Å². The fourth-order valence-corrected chi connectivity index (χ4v) is 2.59. The molecule has 1 fully saturated rings. The molecular formula is C17H29N3O2. The average molecular weight is 307 g/mol. The molecule has 0 aliphatic heterocycles. The highest BCUT2D eigenvalue weighted by Crippen LogP contribution is 2.17.